The Kier molecular flexibility index (Phi) is 3.39. The van der Waals surface area contributed by atoms with E-state index >= 15 is 0 Å². The van der Waals surface area contributed by atoms with Crippen molar-refractivity contribution in [2.45, 2.75) is 12.5 Å². The molecular weight excluding hydrogens is 171 g/mol. The van der Waals surface area contributed by atoms with Crippen molar-refractivity contribution < 1.29 is 14.6 Å². The standard InChI is InChI=1S/C10H12FO2/c1-7(5-12)9-2-8(6-13)3-10(11)4-9/h2-4,7,12-13H,1,5-6H2. The van der Waals surface area contributed by atoms with Crippen LogP contribution in [-0.4, -0.2) is 16.8 Å². The number of benzene rings is 1. The van der Waals surface area contributed by atoms with Gasteiger partial charge in [-0.3, -0.25) is 0 Å². The van der Waals surface area contributed by atoms with Gasteiger partial charge in [-0.25, -0.2) is 4.39 Å². The van der Waals surface area contributed by atoms with Crippen LogP contribution in [0.4, 0.5) is 4.39 Å². The van der Waals surface area contributed by atoms with Crippen LogP contribution in [0.25, 0.3) is 0 Å². The molecule has 0 saturated carbocycles. The summed E-state index contributed by atoms with van der Waals surface area (Å²) < 4.78 is 12.9. The molecule has 0 spiro atoms. The van der Waals surface area contributed by atoms with Gasteiger partial charge < -0.3 is 10.2 Å². The average Bonchev–Trinajstić information content (AvgIpc) is 2.15. The number of aliphatic hydroxyl groups excluding tert-OH is 2. The van der Waals surface area contributed by atoms with Gasteiger partial charge in [0.15, 0.2) is 0 Å². The molecule has 0 bridgehead atoms. The van der Waals surface area contributed by atoms with Gasteiger partial charge in [0.05, 0.1) is 6.61 Å². The van der Waals surface area contributed by atoms with Gasteiger partial charge in [-0.1, -0.05) is 6.07 Å². The fourth-order valence-electron chi connectivity index (χ4n) is 1.11. The average molecular weight is 183 g/mol. The van der Waals surface area contributed by atoms with Gasteiger partial charge in [0.1, 0.15) is 5.82 Å². The molecule has 0 fully saturated rings. The van der Waals surface area contributed by atoms with Crippen molar-refractivity contribution in [2.24, 2.45) is 0 Å². The minimum absolute atomic E-state index is 0.131. The van der Waals surface area contributed by atoms with E-state index in [1.807, 2.05) is 0 Å². The van der Waals surface area contributed by atoms with Crippen LogP contribution in [0.5, 0.6) is 0 Å². The van der Waals surface area contributed by atoms with Crippen LogP contribution < -0.4 is 0 Å². The zero-order chi connectivity index (χ0) is 9.84. The molecule has 71 valence electrons. The highest BCUT2D eigenvalue weighted by atomic mass is 19.1. The molecule has 1 rings (SSSR count). The van der Waals surface area contributed by atoms with Crippen LogP contribution in [-0.2, 0) is 6.61 Å². The van der Waals surface area contributed by atoms with Crippen LogP contribution in [0.3, 0.4) is 0 Å². The number of hydrogen-bond donors (Lipinski definition) is 2. The summed E-state index contributed by atoms with van der Waals surface area (Å²) in [5, 5.41) is 17.6. The SMILES string of the molecule is [CH2]C(CO)c1cc(F)cc(CO)c1. The Labute approximate surface area is 76.6 Å². The van der Waals surface area contributed by atoms with Crippen molar-refractivity contribution in [3.8, 4) is 0 Å². The molecule has 0 aliphatic carbocycles. The Bertz CT molecular complexity index is 286. The number of hydrogen-bond acceptors (Lipinski definition) is 2. The number of aliphatic hydroxyl groups is 2. The molecule has 2 nitrogen and oxygen atoms in total. The van der Waals surface area contributed by atoms with E-state index in [0.717, 1.165) is 0 Å². The van der Waals surface area contributed by atoms with Gasteiger partial charge >= 0.3 is 0 Å². The zero-order valence-electron chi connectivity index (χ0n) is 7.20. The summed E-state index contributed by atoms with van der Waals surface area (Å²) in [4.78, 5) is 0. The first-order valence-corrected chi connectivity index (χ1v) is 4.01. The fourth-order valence-corrected chi connectivity index (χ4v) is 1.11. The Morgan fingerprint density at radius 3 is 2.54 bits per heavy atom. The van der Waals surface area contributed by atoms with Gasteiger partial charge in [0.25, 0.3) is 0 Å². The van der Waals surface area contributed by atoms with E-state index in [1.54, 1.807) is 6.07 Å². The molecule has 1 aromatic carbocycles. The summed E-state index contributed by atoms with van der Waals surface area (Å²) in [5.41, 5.74) is 1.10. The van der Waals surface area contributed by atoms with Crippen molar-refractivity contribution in [3.63, 3.8) is 0 Å². The monoisotopic (exact) mass is 183 g/mol. The zero-order valence-corrected chi connectivity index (χ0v) is 7.20. The minimum atomic E-state index is -0.413. The first kappa shape index (κ1) is 10.2. The smallest absolute Gasteiger partial charge is 0.123 e. The summed E-state index contributed by atoms with van der Waals surface area (Å²) in [6.45, 7) is 3.31. The lowest BCUT2D eigenvalue weighted by Crippen LogP contribution is -2.01. The van der Waals surface area contributed by atoms with Gasteiger partial charge in [-0.2, -0.15) is 0 Å². The summed E-state index contributed by atoms with van der Waals surface area (Å²) in [5.74, 6) is -0.760. The van der Waals surface area contributed by atoms with Crippen LogP contribution in [0.1, 0.15) is 17.0 Å². The van der Waals surface area contributed by atoms with Gasteiger partial charge in [0, 0.05) is 12.5 Å². The molecule has 3 heteroatoms. The van der Waals surface area contributed by atoms with Gasteiger partial charge in [-0.05, 0) is 30.2 Å². The second-order valence-corrected chi connectivity index (χ2v) is 2.93. The van der Waals surface area contributed by atoms with Crippen LogP contribution >= 0.6 is 0 Å². The third-order valence-electron chi connectivity index (χ3n) is 1.85. The lowest BCUT2D eigenvalue weighted by Gasteiger charge is -2.09. The van der Waals surface area contributed by atoms with Gasteiger partial charge in [-0.15, -0.1) is 0 Å². The quantitative estimate of drug-likeness (QED) is 0.739. The normalized spacial score (nSPS) is 12.9. The number of rotatable bonds is 3. The minimum Gasteiger partial charge on any atom is -0.396 e. The molecule has 0 aromatic heterocycles. The molecule has 0 amide bonds. The molecule has 1 aromatic rings. The van der Waals surface area contributed by atoms with E-state index in [-0.39, 0.29) is 19.1 Å². The molecule has 1 unspecified atom stereocenters. The Balaban J connectivity index is 3.01. The molecule has 1 radical (unpaired) electrons. The third kappa shape index (κ3) is 2.50. The van der Waals surface area contributed by atoms with Crippen molar-refractivity contribution in [1.82, 2.24) is 0 Å². The Hall–Kier alpha value is -0.930. The van der Waals surface area contributed by atoms with Crippen LogP contribution in [0.15, 0.2) is 18.2 Å². The summed E-state index contributed by atoms with van der Waals surface area (Å²) in [7, 11) is 0. The van der Waals surface area contributed by atoms with Crippen molar-refractivity contribution in [2.75, 3.05) is 6.61 Å². The molecule has 2 N–H and O–H groups in total. The summed E-state index contributed by atoms with van der Waals surface area (Å²) in [6, 6.07) is 4.21. The maximum Gasteiger partial charge on any atom is 0.123 e. The van der Waals surface area contributed by atoms with E-state index in [4.69, 9.17) is 10.2 Å². The summed E-state index contributed by atoms with van der Waals surface area (Å²) in [6.07, 6.45) is 0. The predicted molar refractivity (Wildman–Crippen MR) is 47.5 cm³/mol. The van der Waals surface area contributed by atoms with Crippen LogP contribution in [0, 0.1) is 12.7 Å². The molecule has 0 aliphatic heterocycles. The molecule has 0 saturated heterocycles. The Morgan fingerprint density at radius 1 is 1.31 bits per heavy atom. The maximum atomic E-state index is 12.9. The van der Waals surface area contributed by atoms with E-state index in [0.29, 0.717) is 11.1 Å². The highest BCUT2D eigenvalue weighted by molar-refractivity contribution is 5.27. The van der Waals surface area contributed by atoms with Crippen molar-refractivity contribution in [1.29, 1.82) is 0 Å². The lowest BCUT2D eigenvalue weighted by atomic mass is 10.00. The van der Waals surface area contributed by atoms with Gasteiger partial charge in [0.2, 0.25) is 0 Å². The van der Waals surface area contributed by atoms with E-state index in [1.165, 1.54) is 12.1 Å². The number of halogens is 1. The molecule has 1 atom stereocenters. The fraction of sp³-hybridized carbons (Fsp3) is 0.300. The second-order valence-electron chi connectivity index (χ2n) is 2.93. The first-order valence-electron chi connectivity index (χ1n) is 4.01. The highest BCUT2D eigenvalue weighted by Gasteiger charge is 2.06. The first-order chi connectivity index (χ1) is 6.17. The van der Waals surface area contributed by atoms with E-state index < -0.39 is 5.82 Å². The lowest BCUT2D eigenvalue weighted by molar-refractivity contribution is 0.277. The maximum absolute atomic E-state index is 12.9. The van der Waals surface area contributed by atoms with E-state index in [9.17, 15) is 4.39 Å². The largest absolute Gasteiger partial charge is 0.396 e. The topological polar surface area (TPSA) is 40.5 Å². The highest BCUT2D eigenvalue weighted by Crippen LogP contribution is 2.17. The van der Waals surface area contributed by atoms with Crippen LogP contribution in [0.2, 0.25) is 0 Å². The molecular formula is C10H12FO2. The summed E-state index contributed by atoms with van der Waals surface area (Å²) >= 11 is 0. The third-order valence-corrected chi connectivity index (χ3v) is 1.85. The van der Waals surface area contributed by atoms with Crippen molar-refractivity contribution >= 4 is 0 Å². The van der Waals surface area contributed by atoms with E-state index in [2.05, 4.69) is 6.92 Å². The molecule has 0 heterocycles. The molecule has 13 heavy (non-hydrogen) atoms. The second kappa shape index (κ2) is 4.35. The molecule has 0 aliphatic rings. The Morgan fingerprint density at radius 2 is 2.00 bits per heavy atom. The van der Waals surface area contributed by atoms with Crippen molar-refractivity contribution in [3.05, 3.63) is 42.1 Å². The predicted octanol–water partition coefficient (Wildman–Crippen LogP) is 1.23.